The van der Waals surface area contributed by atoms with E-state index in [4.69, 9.17) is 0 Å². The molecule has 1 rings (SSSR count). The summed E-state index contributed by atoms with van der Waals surface area (Å²) in [6.45, 7) is 8.81. The molecule has 0 aliphatic carbocycles. The van der Waals surface area contributed by atoms with Crippen molar-refractivity contribution in [1.29, 1.82) is 0 Å². The van der Waals surface area contributed by atoms with Crippen LogP contribution in [0, 0.1) is 5.92 Å². The lowest BCUT2D eigenvalue weighted by Gasteiger charge is -2.11. The Morgan fingerprint density at radius 3 is 2.07 bits per heavy atom. The van der Waals surface area contributed by atoms with Crippen molar-refractivity contribution in [2.45, 2.75) is 40.2 Å². The van der Waals surface area contributed by atoms with Crippen LogP contribution in [0.15, 0.2) is 24.3 Å². The molecule has 0 saturated carbocycles. The number of hydrogen-bond donors (Lipinski definition) is 1. The molecule has 0 aromatic heterocycles. The fraction of sp³-hybridized carbons (Fsp3) is 0.538. The molecule has 0 fully saturated rings. The minimum Gasteiger partial charge on any atom is -0.383 e. The summed E-state index contributed by atoms with van der Waals surface area (Å²) in [5, 5.41) is 3.39. The van der Waals surface area contributed by atoms with Crippen molar-refractivity contribution in [2.75, 3.05) is 5.32 Å². The van der Waals surface area contributed by atoms with E-state index in [2.05, 4.69) is 57.3 Å². The molecular formula is C13H23N. The van der Waals surface area contributed by atoms with E-state index in [1.54, 1.807) is 0 Å². The average molecular weight is 193 g/mol. The Labute approximate surface area is 89.0 Å². The summed E-state index contributed by atoms with van der Waals surface area (Å²) in [6, 6.07) is 9.26. The summed E-state index contributed by atoms with van der Waals surface area (Å²) in [5.41, 5.74) is 2.64. The summed E-state index contributed by atoms with van der Waals surface area (Å²) in [7, 11) is 0. The van der Waals surface area contributed by atoms with Crippen LogP contribution in [-0.4, -0.2) is 6.04 Å². The smallest absolute Gasteiger partial charge is 0.0342 e. The average Bonchev–Trinajstić information content (AvgIpc) is 2.06. The van der Waals surface area contributed by atoms with Gasteiger partial charge in [-0.05, 0) is 43.9 Å². The highest BCUT2D eigenvalue weighted by atomic mass is 14.9. The third-order valence-electron chi connectivity index (χ3n) is 2.05. The highest BCUT2D eigenvalue weighted by Gasteiger charge is 1.98. The van der Waals surface area contributed by atoms with E-state index < -0.39 is 0 Å². The SMILES string of the molecule is CC(C)Cc1ccc(NC(C)C)cc1.[HH]. The number of benzene rings is 1. The van der Waals surface area contributed by atoms with E-state index in [1.165, 1.54) is 17.7 Å². The van der Waals surface area contributed by atoms with Crippen LogP contribution in [-0.2, 0) is 6.42 Å². The van der Waals surface area contributed by atoms with Crippen molar-refractivity contribution in [2.24, 2.45) is 5.92 Å². The van der Waals surface area contributed by atoms with E-state index in [1.807, 2.05) is 0 Å². The maximum absolute atomic E-state index is 3.39. The lowest BCUT2D eigenvalue weighted by atomic mass is 10.0. The van der Waals surface area contributed by atoms with Gasteiger partial charge in [0.05, 0.1) is 0 Å². The second-order valence-corrected chi connectivity index (χ2v) is 4.59. The normalized spacial score (nSPS) is 11.0. The molecular weight excluding hydrogens is 170 g/mol. The highest BCUT2D eigenvalue weighted by molar-refractivity contribution is 5.45. The number of nitrogens with one attached hydrogen (secondary N) is 1. The topological polar surface area (TPSA) is 12.0 Å². The van der Waals surface area contributed by atoms with Crippen molar-refractivity contribution in [3.05, 3.63) is 29.8 Å². The van der Waals surface area contributed by atoms with Gasteiger partial charge in [-0.3, -0.25) is 0 Å². The quantitative estimate of drug-likeness (QED) is 0.763. The van der Waals surface area contributed by atoms with Crippen LogP contribution in [0.25, 0.3) is 0 Å². The second kappa shape index (κ2) is 5.04. The fourth-order valence-electron chi connectivity index (χ4n) is 1.54. The zero-order valence-electron chi connectivity index (χ0n) is 9.67. The van der Waals surface area contributed by atoms with Gasteiger partial charge in [-0.2, -0.15) is 0 Å². The first-order chi connectivity index (χ1) is 6.58. The van der Waals surface area contributed by atoms with Crippen molar-refractivity contribution in [1.82, 2.24) is 0 Å². The maximum atomic E-state index is 3.39. The Balaban J connectivity index is 0.00000196. The minimum atomic E-state index is 0. The van der Waals surface area contributed by atoms with E-state index >= 15 is 0 Å². The third-order valence-corrected chi connectivity index (χ3v) is 2.05. The molecule has 0 radical (unpaired) electrons. The Kier molecular flexibility index (Phi) is 3.99. The molecule has 14 heavy (non-hydrogen) atoms. The molecule has 0 heterocycles. The van der Waals surface area contributed by atoms with E-state index in [0.29, 0.717) is 6.04 Å². The van der Waals surface area contributed by atoms with Crippen LogP contribution < -0.4 is 5.32 Å². The number of anilines is 1. The van der Waals surface area contributed by atoms with Gasteiger partial charge in [0, 0.05) is 13.2 Å². The second-order valence-electron chi connectivity index (χ2n) is 4.59. The molecule has 1 heteroatoms. The van der Waals surface area contributed by atoms with E-state index in [9.17, 15) is 0 Å². The van der Waals surface area contributed by atoms with Gasteiger partial charge in [-0.1, -0.05) is 26.0 Å². The molecule has 0 atom stereocenters. The van der Waals surface area contributed by atoms with Crippen molar-refractivity contribution < 1.29 is 1.43 Å². The van der Waals surface area contributed by atoms with Gasteiger partial charge in [0.25, 0.3) is 0 Å². The van der Waals surface area contributed by atoms with Crippen LogP contribution in [0.4, 0.5) is 5.69 Å². The molecule has 0 saturated heterocycles. The Morgan fingerprint density at radius 1 is 1.07 bits per heavy atom. The number of hydrogen-bond acceptors (Lipinski definition) is 1. The first kappa shape index (κ1) is 11.1. The summed E-state index contributed by atoms with van der Waals surface area (Å²) >= 11 is 0. The molecule has 0 aliphatic heterocycles. The maximum Gasteiger partial charge on any atom is 0.0342 e. The molecule has 0 unspecified atom stereocenters. The molecule has 1 aromatic carbocycles. The van der Waals surface area contributed by atoms with Crippen LogP contribution in [0.3, 0.4) is 0 Å². The van der Waals surface area contributed by atoms with Gasteiger partial charge in [-0.25, -0.2) is 0 Å². The molecule has 0 bridgehead atoms. The number of rotatable bonds is 4. The largest absolute Gasteiger partial charge is 0.383 e. The molecule has 1 N–H and O–H groups in total. The molecule has 0 amide bonds. The van der Waals surface area contributed by atoms with Gasteiger partial charge in [0.2, 0.25) is 0 Å². The van der Waals surface area contributed by atoms with Crippen LogP contribution >= 0.6 is 0 Å². The van der Waals surface area contributed by atoms with Crippen LogP contribution in [0.5, 0.6) is 0 Å². The van der Waals surface area contributed by atoms with E-state index in [-0.39, 0.29) is 1.43 Å². The first-order valence-electron chi connectivity index (χ1n) is 5.43. The van der Waals surface area contributed by atoms with Gasteiger partial charge in [-0.15, -0.1) is 0 Å². The lowest BCUT2D eigenvalue weighted by Crippen LogP contribution is -2.09. The molecule has 1 nitrogen and oxygen atoms in total. The molecule has 0 aliphatic rings. The van der Waals surface area contributed by atoms with Crippen LogP contribution in [0.2, 0.25) is 0 Å². The Bertz CT molecular complexity index is 235. The summed E-state index contributed by atoms with van der Waals surface area (Å²) < 4.78 is 0. The van der Waals surface area contributed by atoms with Gasteiger partial charge in [0.1, 0.15) is 0 Å². The van der Waals surface area contributed by atoms with E-state index in [0.717, 1.165) is 5.92 Å². The van der Waals surface area contributed by atoms with Crippen molar-refractivity contribution in [3.63, 3.8) is 0 Å². The Hall–Kier alpha value is -0.980. The van der Waals surface area contributed by atoms with Gasteiger partial charge in [0.15, 0.2) is 0 Å². The zero-order chi connectivity index (χ0) is 10.6. The highest BCUT2D eigenvalue weighted by Crippen LogP contribution is 2.13. The standard InChI is InChI=1S/C13H21N.H2/c1-10(2)9-12-5-7-13(8-6-12)14-11(3)4;/h5-8,10-11,14H,9H2,1-4H3;1H. The fourth-order valence-corrected chi connectivity index (χ4v) is 1.54. The predicted octanol–water partition coefficient (Wildman–Crippen LogP) is 3.95. The summed E-state index contributed by atoms with van der Waals surface area (Å²) in [5.74, 6) is 0.735. The van der Waals surface area contributed by atoms with Gasteiger partial charge < -0.3 is 5.32 Å². The van der Waals surface area contributed by atoms with Crippen molar-refractivity contribution >= 4 is 5.69 Å². The zero-order valence-corrected chi connectivity index (χ0v) is 9.67. The minimum absolute atomic E-state index is 0. The van der Waals surface area contributed by atoms with Gasteiger partial charge >= 0.3 is 0 Å². The summed E-state index contributed by atoms with van der Waals surface area (Å²) in [4.78, 5) is 0. The first-order valence-corrected chi connectivity index (χ1v) is 5.43. The predicted molar refractivity (Wildman–Crippen MR) is 65.9 cm³/mol. The summed E-state index contributed by atoms with van der Waals surface area (Å²) in [6.07, 6.45) is 1.17. The van der Waals surface area contributed by atoms with Crippen molar-refractivity contribution in [3.8, 4) is 0 Å². The lowest BCUT2D eigenvalue weighted by molar-refractivity contribution is 0.647. The third kappa shape index (κ3) is 3.82. The molecule has 0 spiro atoms. The Morgan fingerprint density at radius 2 is 1.64 bits per heavy atom. The monoisotopic (exact) mass is 193 g/mol. The molecule has 80 valence electrons. The molecule has 1 aromatic rings. The van der Waals surface area contributed by atoms with Crippen LogP contribution in [0.1, 0.15) is 34.7 Å².